The Labute approximate surface area is 169 Å². The molecule has 0 aromatic heterocycles. The molecule has 2 aromatic rings. The average molecular weight is 399 g/mol. The van der Waals surface area contributed by atoms with Crippen LogP contribution in [-0.2, 0) is 9.59 Å². The lowest BCUT2D eigenvalue weighted by Crippen LogP contribution is -2.42. The van der Waals surface area contributed by atoms with Gasteiger partial charge in [0.2, 0.25) is 11.8 Å². The minimum absolute atomic E-state index is 0.151. The van der Waals surface area contributed by atoms with E-state index in [1.807, 2.05) is 31.2 Å². The van der Waals surface area contributed by atoms with Gasteiger partial charge in [0.05, 0.1) is 7.11 Å². The van der Waals surface area contributed by atoms with Gasteiger partial charge in [-0.3, -0.25) is 9.59 Å². The van der Waals surface area contributed by atoms with Crippen molar-refractivity contribution in [1.29, 1.82) is 0 Å². The second kappa shape index (κ2) is 8.93. The van der Waals surface area contributed by atoms with E-state index in [0.29, 0.717) is 23.7 Å². The highest BCUT2D eigenvalue weighted by Gasteiger charge is 2.33. The number of anilines is 1. The van der Waals surface area contributed by atoms with Crippen molar-refractivity contribution in [2.24, 2.45) is 0 Å². The van der Waals surface area contributed by atoms with Crippen molar-refractivity contribution >= 4 is 34.7 Å². The van der Waals surface area contributed by atoms with Crippen molar-refractivity contribution in [3.8, 4) is 5.75 Å². The van der Waals surface area contributed by atoms with Crippen LogP contribution in [0.4, 0.5) is 5.69 Å². The van der Waals surface area contributed by atoms with Crippen LogP contribution in [0.25, 0.3) is 5.57 Å². The Kier molecular flexibility index (Phi) is 6.37. The molecule has 1 fully saturated rings. The van der Waals surface area contributed by atoms with Crippen LogP contribution in [0, 0.1) is 0 Å². The van der Waals surface area contributed by atoms with Crippen LogP contribution < -0.4 is 10.1 Å². The fourth-order valence-corrected chi connectivity index (χ4v) is 3.39. The number of ether oxygens (including phenoxy) is 1. The molecular formula is C22H23ClN2O3. The Morgan fingerprint density at radius 2 is 1.82 bits per heavy atom. The van der Waals surface area contributed by atoms with Crippen molar-refractivity contribution < 1.29 is 14.3 Å². The number of nitrogens with zero attached hydrogens (tertiary/aromatic N) is 1. The molecule has 0 aliphatic carbocycles. The Morgan fingerprint density at radius 1 is 1.14 bits per heavy atom. The summed E-state index contributed by atoms with van der Waals surface area (Å²) in [5, 5.41) is 3.47. The fourth-order valence-electron chi connectivity index (χ4n) is 3.27. The zero-order valence-electron chi connectivity index (χ0n) is 15.9. The third-order valence-corrected chi connectivity index (χ3v) is 5.09. The number of likely N-dealkylation sites (tertiary alicyclic amines) is 1. The zero-order chi connectivity index (χ0) is 20.1. The van der Waals surface area contributed by atoms with Crippen molar-refractivity contribution in [3.05, 3.63) is 65.2 Å². The second-order valence-electron chi connectivity index (χ2n) is 6.74. The van der Waals surface area contributed by atoms with E-state index in [4.69, 9.17) is 16.3 Å². The van der Waals surface area contributed by atoms with Gasteiger partial charge in [-0.05, 0) is 67.3 Å². The maximum atomic E-state index is 12.8. The monoisotopic (exact) mass is 398 g/mol. The smallest absolute Gasteiger partial charge is 0.247 e. The van der Waals surface area contributed by atoms with Crippen molar-refractivity contribution in [1.82, 2.24) is 4.90 Å². The first kappa shape index (κ1) is 20.0. The summed E-state index contributed by atoms with van der Waals surface area (Å²) in [6.07, 6.45) is 3.05. The second-order valence-corrected chi connectivity index (χ2v) is 7.18. The molecule has 2 aromatic carbocycles. The lowest BCUT2D eigenvalue weighted by atomic mass is 10.1. The molecule has 146 valence electrons. The number of amides is 2. The Hall–Kier alpha value is -2.79. The van der Waals surface area contributed by atoms with E-state index >= 15 is 0 Å². The van der Waals surface area contributed by atoms with E-state index in [1.165, 1.54) is 0 Å². The summed E-state index contributed by atoms with van der Waals surface area (Å²) >= 11 is 5.88. The fraction of sp³-hybridized carbons (Fsp3) is 0.273. The van der Waals surface area contributed by atoms with Crippen LogP contribution in [0.1, 0.15) is 25.3 Å². The molecule has 6 heteroatoms. The number of methoxy groups -OCH3 is 1. The van der Waals surface area contributed by atoms with Crippen LogP contribution in [0.5, 0.6) is 5.75 Å². The molecule has 0 saturated carbocycles. The molecule has 0 bridgehead atoms. The molecule has 1 heterocycles. The summed E-state index contributed by atoms with van der Waals surface area (Å²) < 4.78 is 5.16. The number of rotatable bonds is 5. The molecule has 1 N–H and O–H groups in total. The lowest BCUT2D eigenvalue weighted by Gasteiger charge is -2.23. The number of halogens is 1. The highest BCUT2D eigenvalue weighted by Crippen LogP contribution is 2.23. The van der Waals surface area contributed by atoms with Crippen molar-refractivity contribution in [2.45, 2.75) is 25.8 Å². The maximum absolute atomic E-state index is 12.8. The van der Waals surface area contributed by atoms with E-state index in [9.17, 15) is 9.59 Å². The van der Waals surface area contributed by atoms with Crippen LogP contribution in [0.2, 0.25) is 5.02 Å². The number of benzene rings is 2. The van der Waals surface area contributed by atoms with E-state index < -0.39 is 6.04 Å². The Morgan fingerprint density at radius 3 is 2.46 bits per heavy atom. The number of allylic oxidation sites excluding steroid dienone is 1. The SMILES string of the molecule is COc1ccc(/C(C)=C/C(=O)N2CCC[C@H]2C(=O)Nc2ccc(Cl)cc2)cc1. The number of carbonyl (C=O) groups is 2. The topological polar surface area (TPSA) is 58.6 Å². The first-order valence-electron chi connectivity index (χ1n) is 9.17. The first-order valence-corrected chi connectivity index (χ1v) is 9.55. The van der Waals surface area contributed by atoms with Gasteiger partial charge in [-0.2, -0.15) is 0 Å². The summed E-state index contributed by atoms with van der Waals surface area (Å²) in [7, 11) is 1.61. The third-order valence-electron chi connectivity index (χ3n) is 4.84. The Bertz CT molecular complexity index is 876. The van der Waals surface area contributed by atoms with Crippen LogP contribution in [0.15, 0.2) is 54.6 Å². The minimum atomic E-state index is -0.469. The van der Waals surface area contributed by atoms with Crippen molar-refractivity contribution in [3.63, 3.8) is 0 Å². The van der Waals surface area contributed by atoms with E-state index in [2.05, 4.69) is 5.32 Å². The summed E-state index contributed by atoms with van der Waals surface area (Å²) in [4.78, 5) is 27.1. The van der Waals surface area contributed by atoms with Gasteiger partial charge in [-0.25, -0.2) is 0 Å². The molecule has 1 atom stereocenters. The average Bonchev–Trinajstić information content (AvgIpc) is 3.20. The molecular weight excluding hydrogens is 376 g/mol. The molecule has 3 rings (SSSR count). The summed E-state index contributed by atoms with van der Waals surface area (Å²) in [5.41, 5.74) is 2.45. The van der Waals surface area contributed by atoms with Gasteiger partial charge in [0, 0.05) is 23.3 Å². The largest absolute Gasteiger partial charge is 0.497 e. The van der Waals surface area contributed by atoms with Gasteiger partial charge < -0.3 is 15.0 Å². The third kappa shape index (κ3) is 4.73. The molecule has 0 spiro atoms. The number of carbonyl (C=O) groups excluding carboxylic acids is 2. The highest BCUT2D eigenvalue weighted by molar-refractivity contribution is 6.30. The summed E-state index contributed by atoms with van der Waals surface area (Å²) in [6, 6.07) is 14.0. The normalized spacial score (nSPS) is 16.8. The molecule has 1 aliphatic heterocycles. The van der Waals surface area contributed by atoms with Crippen molar-refractivity contribution in [2.75, 3.05) is 19.0 Å². The number of nitrogens with one attached hydrogen (secondary N) is 1. The maximum Gasteiger partial charge on any atom is 0.247 e. The van der Waals surface area contributed by atoms with Crippen LogP contribution in [0.3, 0.4) is 0 Å². The van der Waals surface area contributed by atoms with Crippen LogP contribution >= 0.6 is 11.6 Å². The van der Waals surface area contributed by atoms with Crippen LogP contribution in [-0.4, -0.2) is 36.4 Å². The van der Waals surface area contributed by atoms with E-state index in [-0.39, 0.29) is 11.8 Å². The Balaban J connectivity index is 1.69. The summed E-state index contributed by atoms with van der Waals surface area (Å²) in [6.45, 7) is 2.46. The number of hydrogen-bond donors (Lipinski definition) is 1. The molecule has 28 heavy (non-hydrogen) atoms. The molecule has 1 aliphatic rings. The summed E-state index contributed by atoms with van der Waals surface area (Å²) in [5.74, 6) is 0.437. The highest BCUT2D eigenvalue weighted by atomic mass is 35.5. The predicted molar refractivity (Wildman–Crippen MR) is 111 cm³/mol. The van der Waals surface area contributed by atoms with Gasteiger partial charge in [0.15, 0.2) is 0 Å². The molecule has 2 amide bonds. The predicted octanol–water partition coefficient (Wildman–Crippen LogP) is 4.38. The lowest BCUT2D eigenvalue weighted by molar-refractivity contribution is -0.132. The first-order chi connectivity index (χ1) is 13.5. The molecule has 0 unspecified atom stereocenters. The molecule has 5 nitrogen and oxygen atoms in total. The molecule has 0 radical (unpaired) electrons. The standard InChI is InChI=1S/C22H23ClN2O3/c1-15(16-5-11-19(28-2)12-6-16)14-21(26)25-13-3-4-20(25)22(27)24-18-9-7-17(23)8-10-18/h5-12,14,20H,3-4,13H2,1-2H3,(H,24,27)/b15-14+/t20-/m0/s1. The van der Waals surface area contributed by atoms with E-state index in [0.717, 1.165) is 23.3 Å². The number of hydrogen-bond acceptors (Lipinski definition) is 3. The van der Waals surface area contributed by atoms with Gasteiger partial charge >= 0.3 is 0 Å². The van der Waals surface area contributed by atoms with Gasteiger partial charge in [-0.15, -0.1) is 0 Å². The van der Waals surface area contributed by atoms with Gasteiger partial charge in [0.25, 0.3) is 0 Å². The van der Waals surface area contributed by atoms with Gasteiger partial charge in [0.1, 0.15) is 11.8 Å². The molecule has 1 saturated heterocycles. The quantitative estimate of drug-likeness (QED) is 0.760. The minimum Gasteiger partial charge on any atom is -0.497 e. The zero-order valence-corrected chi connectivity index (χ0v) is 16.7. The van der Waals surface area contributed by atoms with Gasteiger partial charge in [-0.1, -0.05) is 23.7 Å². The van der Waals surface area contributed by atoms with E-state index in [1.54, 1.807) is 42.4 Å².